The van der Waals surface area contributed by atoms with Gasteiger partial charge < -0.3 is 10.5 Å². The SMILES string of the molecule is COc1ccc2c(c1)C(CCN)CCC2. The lowest BCUT2D eigenvalue weighted by Gasteiger charge is -2.25. The van der Waals surface area contributed by atoms with Crippen molar-refractivity contribution in [3.63, 3.8) is 0 Å². The second kappa shape index (κ2) is 4.67. The van der Waals surface area contributed by atoms with Crippen molar-refractivity contribution in [1.29, 1.82) is 0 Å². The summed E-state index contributed by atoms with van der Waals surface area (Å²) in [4.78, 5) is 0. The summed E-state index contributed by atoms with van der Waals surface area (Å²) in [6.07, 6.45) is 4.88. The molecule has 1 aromatic carbocycles. The van der Waals surface area contributed by atoms with Crippen LogP contribution in [0.1, 0.15) is 36.3 Å². The fourth-order valence-electron chi connectivity index (χ4n) is 2.50. The Kier molecular flexibility index (Phi) is 3.27. The van der Waals surface area contributed by atoms with Gasteiger partial charge in [0.25, 0.3) is 0 Å². The maximum absolute atomic E-state index is 5.66. The normalized spacial score (nSPS) is 19.7. The molecule has 1 aliphatic carbocycles. The average molecular weight is 205 g/mol. The van der Waals surface area contributed by atoms with Gasteiger partial charge in [0.2, 0.25) is 0 Å². The third kappa shape index (κ3) is 2.15. The third-order valence-electron chi connectivity index (χ3n) is 3.31. The molecule has 0 radical (unpaired) electrons. The standard InChI is InChI=1S/C13H19NO/c1-15-12-6-5-10-3-2-4-11(7-8-14)13(10)9-12/h5-6,9,11H,2-4,7-8,14H2,1H3. The zero-order valence-electron chi connectivity index (χ0n) is 9.33. The van der Waals surface area contributed by atoms with Crippen LogP contribution in [-0.2, 0) is 6.42 Å². The molecule has 15 heavy (non-hydrogen) atoms. The van der Waals surface area contributed by atoms with Gasteiger partial charge in [-0.2, -0.15) is 0 Å². The van der Waals surface area contributed by atoms with Crippen LogP contribution in [0.3, 0.4) is 0 Å². The second-order valence-electron chi connectivity index (χ2n) is 4.23. The smallest absolute Gasteiger partial charge is 0.119 e. The van der Waals surface area contributed by atoms with Crippen molar-refractivity contribution in [1.82, 2.24) is 0 Å². The van der Waals surface area contributed by atoms with E-state index < -0.39 is 0 Å². The van der Waals surface area contributed by atoms with E-state index in [0.29, 0.717) is 5.92 Å². The Labute approximate surface area is 91.4 Å². The molecule has 0 spiro atoms. The molecule has 0 bridgehead atoms. The number of methoxy groups -OCH3 is 1. The molecule has 1 atom stereocenters. The predicted octanol–water partition coefficient (Wildman–Crippen LogP) is 2.46. The molecule has 82 valence electrons. The summed E-state index contributed by atoms with van der Waals surface area (Å²) in [6.45, 7) is 0.779. The van der Waals surface area contributed by atoms with E-state index >= 15 is 0 Å². The molecule has 1 aliphatic rings. The molecule has 0 amide bonds. The first-order valence-corrected chi connectivity index (χ1v) is 5.72. The van der Waals surface area contributed by atoms with Crippen molar-refractivity contribution in [2.24, 2.45) is 5.73 Å². The summed E-state index contributed by atoms with van der Waals surface area (Å²) in [5, 5.41) is 0. The Morgan fingerprint density at radius 1 is 1.47 bits per heavy atom. The van der Waals surface area contributed by atoms with Crippen molar-refractivity contribution in [3.8, 4) is 5.75 Å². The van der Waals surface area contributed by atoms with Crippen LogP contribution >= 0.6 is 0 Å². The first-order valence-electron chi connectivity index (χ1n) is 5.72. The molecule has 0 heterocycles. The molecule has 0 saturated heterocycles. The van der Waals surface area contributed by atoms with Crippen LogP contribution in [0.5, 0.6) is 5.75 Å². The first kappa shape index (κ1) is 10.5. The Bertz CT molecular complexity index is 335. The molecule has 1 aromatic rings. The maximum atomic E-state index is 5.66. The minimum Gasteiger partial charge on any atom is -0.497 e. The Balaban J connectivity index is 2.30. The molecule has 1 unspecified atom stereocenters. The van der Waals surface area contributed by atoms with Crippen molar-refractivity contribution in [3.05, 3.63) is 29.3 Å². The van der Waals surface area contributed by atoms with Gasteiger partial charge in [-0.15, -0.1) is 0 Å². The molecule has 2 heteroatoms. The highest BCUT2D eigenvalue weighted by Crippen LogP contribution is 2.35. The number of nitrogens with two attached hydrogens (primary N) is 1. The fraction of sp³-hybridized carbons (Fsp3) is 0.538. The van der Waals surface area contributed by atoms with Crippen LogP contribution in [0.4, 0.5) is 0 Å². The lowest BCUT2D eigenvalue weighted by atomic mass is 9.81. The Hall–Kier alpha value is -1.02. The monoisotopic (exact) mass is 205 g/mol. The maximum Gasteiger partial charge on any atom is 0.119 e. The minimum atomic E-state index is 0.647. The van der Waals surface area contributed by atoms with Crippen LogP contribution in [0, 0.1) is 0 Å². The van der Waals surface area contributed by atoms with E-state index in [1.807, 2.05) is 0 Å². The highest BCUT2D eigenvalue weighted by atomic mass is 16.5. The van der Waals surface area contributed by atoms with E-state index in [2.05, 4.69) is 18.2 Å². The van der Waals surface area contributed by atoms with Crippen molar-refractivity contribution < 1.29 is 4.74 Å². The second-order valence-corrected chi connectivity index (χ2v) is 4.23. The predicted molar refractivity (Wildman–Crippen MR) is 62.3 cm³/mol. The third-order valence-corrected chi connectivity index (χ3v) is 3.31. The molecule has 0 aromatic heterocycles. The quantitative estimate of drug-likeness (QED) is 0.822. The fourth-order valence-corrected chi connectivity index (χ4v) is 2.50. The van der Waals surface area contributed by atoms with Crippen molar-refractivity contribution >= 4 is 0 Å². The lowest BCUT2D eigenvalue weighted by Crippen LogP contribution is -2.13. The average Bonchev–Trinajstić information content (AvgIpc) is 2.29. The highest BCUT2D eigenvalue weighted by Gasteiger charge is 2.19. The number of fused-ring (bicyclic) bond motifs is 1. The molecule has 0 saturated carbocycles. The number of aryl methyl sites for hydroxylation is 1. The van der Waals surface area contributed by atoms with E-state index in [1.54, 1.807) is 7.11 Å². The van der Waals surface area contributed by atoms with E-state index in [9.17, 15) is 0 Å². The number of benzene rings is 1. The number of ether oxygens (including phenoxy) is 1. The van der Waals surface area contributed by atoms with Crippen LogP contribution in [0.2, 0.25) is 0 Å². The largest absolute Gasteiger partial charge is 0.497 e. The summed E-state index contributed by atoms with van der Waals surface area (Å²) >= 11 is 0. The van der Waals surface area contributed by atoms with Crippen LogP contribution < -0.4 is 10.5 Å². The van der Waals surface area contributed by atoms with Gasteiger partial charge >= 0.3 is 0 Å². The molecule has 2 N–H and O–H groups in total. The van der Waals surface area contributed by atoms with E-state index in [0.717, 1.165) is 18.7 Å². The number of hydrogen-bond donors (Lipinski definition) is 1. The van der Waals surface area contributed by atoms with E-state index in [4.69, 9.17) is 10.5 Å². The van der Waals surface area contributed by atoms with Crippen LogP contribution in [-0.4, -0.2) is 13.7 Å². The van der Waals surface area contributed by atoms with Gasteiger partial charge in [0.15, 0.2) is 0 Å². The van der Waals surface area contributed by atoms with Gasteiger partial charge in [-0.1, -0.05) is 6.07 Å². The summed E-state index contributed by atoms with van der Waals surface area (Å²) in [5.74, 6) is 1.62. The van der Waals surface area contributed by atoms with Gasteiger partial charge in [-0.25, -0.2) is 0 Å². The van der Waals surface area contributed by atoms with Gasteiger partial charge in [0.05, 0.1) is 7.11 Å². The Morgan fingerprint density at radius 3 is 3.07 bits per heavy atom. The summed E-state index contributed by atoms with van der Waals surface area (Å²) < 4.78 is 5.28. The molecule has 0 aliphatic heterocycles. The van der Waals surface area contributed by atoms with Gasteiger partial charge in [0, 0.05) is 0 Å². The van der Waals surface area contributed by atoms with Crippen LogP contribution in [0.15, 0.2) is 18.2 Å². The zero-order chi connectivity index (χ0) is 10.7. The topological polar surface area (TPSA) is 35.2 Å². The molecule has 2 nitrogen and oxygen atoms in total. The van der Waals surface area contributed by atoms with Gasteiger partial charge in [-0.3, -0.25) is 0 Å². The molecule has 2 rings (SSSR count). The van der Waals surface area contributed by atoms with Gasteiger partial charge in [-0.05, 0) is 61.4 Å². The Morgan fingerprint density at radius 2 is 2.33 bits per heavy atom. The summed E-state index contributed by atoms with van der Waals surface area (Å²) in [6, 6.07) is 6.45. The van der Waals surface area contributed by atoms with Crippen molar-refractivity contribution in [2.45, 2.75) is 31.6 Å². The first-order chi connectivity index (χ1) is 7.35. The lowest BCUT2D eigenvalue weighted by molar-refractivity contribution is 0.412. The van der Waals surface area contributed by atoms with E-state index in [1.165, 1.54) is 30.4 Å². The summed E-state index contributed by atoms with van der Waals surface area (Å²) in [7, 11) is 1.72. The number of hydrogen-bond acceptors (Lipinski definition) is 2. The van der Waals surface area contributed by atoms with Crippen LogP contribution in [0.25, 0.3) is 0 Å². The summed E-state index contributed by atoms with van der Waals surface area (Å²) in [5.41, 5.74) is 8.61. The highest BCUT2D eigenvalue weighted by molar-refractivity contribution is 5.39. The van der Waals surface area contributed by atoms with Gasteiger partial charge in [0.1, 0.15) is 5.75 Å². The number of rotatable bonds is 3. The van der Waals surface area contributed by atoms with E-state index in [-0.39, 0.29) is 0 Å². The molecular formula is C13H19NO. The molecular weight excluding hydrogens is 186 g/mol. The van der Waals surface area contributed by atoms with Crippen molar-refractivity contribution in [2.75, 3.05) is 13.7 Å². The zero-order valence-corrected chi connectivity index (χ0v) is 9.33. The molecule has 0 fully saturated rings. The minimum absolute atomic E-state index is 0.647.